The quantitative estimate of drug-likeness (QED) is 0.578. The Balaban J connectivity index is 3.00. The standard InChI is InChI=1S/C15H24/c1-12(2)15(6)10-7-8-13(9-11-15)14(3,4)5/h7-12H,1-6H3. The summed E-state index contributed by atoms with van der Waals surface area (Å²) >= 11 is 0. The van der Waals surface area contributed by atoms with Crippen LogP contribution in [0.4, 0.5) is 0 Å². The minimum absolute atomic E-state index is 0.198. The molecule has 0 fully saturated rings. The third kappa shape index (κ3) is 2.84. The van der Waals surface area contributed by atoms with E-state index in [0.717, 1.165) is 0 Å². The van der Waals surface area contributed by atoms with Gasteiger partial charge in [-0.1, -0.05) is 71.9 Å². The number of rotatable bonds is 1. The molecule has 0 nitrogen and oxygen atoms in total. The summed E-state index contributed by atoms with van der Waals surface area (Å²) in [5.74, 6) is 0.637. The van der Waals surface area contributed by atoms with Gasteiger partial charge in [0.2, 0.25) is 0 Å². The van der Waals surface area contributed by atoms with Gasteiger partial charge in [-0.15, -0.1) is 0 Å². The predicted octanol–water partition coefficient (Wildman–Crippen LogP) is 4.75. The van der Waals surface area contributed by atoms with Crippen molar-refractivity contribution in [2.45, 2.75) is 41.5 Å². The second-order valence-electron chi connectivity index (χ2n) is 6.09. The Kier molecular flexibility index (Phi) is 3.28. The first kappa shape index (κ1) is 12.3. The first-order valence-electron chi connectivity index (χ1n) is 5.85. The molecular weight excluding hydrogens is 180 g/mol. The van der Waals surface area contributed by atoms with Gasteiger partial charge in [-0.2, -0.15) is 0 Å². The molecule has 1 aliphatic rings. The number of allylic oxidation sites excluding steroid dienone is 6. The minimum Gasteiger partial charge on any atom is -0.0745 e. The summed E-state index contributed by atoms with van der Waals surface area (Å²) in [6, 6.07) is 0. The van der Waals surface area contributed by atoms with E-state index in [4.69, 9.17) is 0 Å². The van der Waals surface area contributed by atoms with Crippen LogP contribution in [-0.2, 0) is 0 Å². The van der Waals surface area contributed by atoms with Crippen LogP contribution in [0.5, 0.6) is 0 Å². The summed E-state index contributed by atoms with van der Waals surface area (Å²) in [5.41, 5.74) is 1.84. The first-order chi connectivity index (χ1) is 6.76. The molecule has 0 spiro atoms. The molecular formula is C15H24. The van der Waals surface area contributed by atoms with Gasteiger partial charge in [-0.25, -0.2) is 0 Å². The molecule has 0 heteroatoms. The molecule has 84 valence electrons. The third-order valence-corrected chi connectivity index (χ3v) is 3.46. The molecule has 15 heavy (non-hydrogen) atoms. The van der Waals surface area contributed by atoms with Gasteiger partial charge < -0.3 is 0 Å². The van der Waals surface area contributed by atoms with Crippen molar-refractivity contribution in [2.24, 2.45) is 16.7 Å². The van der Waals surface area contributed by atoms with Crippen LogP contribution in [0.15, 0.2) is 36.0 Å². The van der Waals surface area contributed by atoms with Gasteiger partial charge in [0.1, 0.15) is 0 Å². The first-order valence-corrected chi connectivity index (χ1v) is 5.85. The molecule has 0 heterocycles. The highest BCUT2D eigenvalue weighted by molar-refractivity contribution is 5.34. The second kappa shape index (κ2) is 4.00. The fourth-order valence-corrected chi connectivity index (χ4v) is 1.62. The van der Waals surface area contributed by atoms with E-state index in [0.29, 0.717) is 5.92 Å². The zero-order valence-electron chi connectivity index (χ0n) is 11.0. The zero-order valence-corrected chi connectivity index (χ0v) is 11.0. The van der Waals surface area contributed by atoms with Gasteiger partial charge in [0, 0.05) is 5.41 Å². The fraction of sp³-hybridized carbons (Fsp3) is 0.600. The van der Waals surface area contributed by atoms with Crippen molar-refractivity contribution in [2.75, 3.05) is 0 Å². The fourth-order valence-electron chi connectivity index (χ4n) is 1.62. The van der Waals surface area contributed by atoms with Crippen LogP contribution in [0.2, 0.25) is 0 Å². The highest BCUT2D eigenvalue weighted by atomic mass is 14.3. The molecule has 1 atom stereocenters. The van der Waals surface area contributed by atoms with Crippen molar-refractivity contribution in [1.82, 2.24) is 0 Å². The second-order valence-corrected chi connectivity index (χ2v) is 6.09. The Bertz CT molecular complexity index is 307. The largest absolute Gasteiger partial charge is 0.0745 e. The molecule has 0 saturated heterocycles. The third-order valence-electron chi connectivity index (χ3n) is 3.46. The van der Waals surface area contributed by atoms with Crippen LogP contribution in [-0.4, -0.2) is 0 Å². The monoisotopic (exact) mass is 204 g/mol. The maximum Gasteiger partial charge on any atom is 0.00619 e. The van der Waals surface area contributed by atoms with Gasteiger partial charge in [0.05, 0.1) is 0 Å². The van der Waals surface area contributed by atoms with E-state index in [2.05, 4.69) is 71.9 Å². The highest BCUT2D eigenvalue weighted by Gasteiger charge is 2.24. The van der Waals surface area contributed by atoms with Crippen LogP contribution in [0, 0.1) is 16.7 Å². The predicted molar refractivity (Wildman–Crippen MR) is 68.8 cm³/mol. The Hall–Kier alpha value is -0.780. The molecule has 0 aliphatic heterocycles. The Morgan fingerprint density at radius 3 is 2.20 bits per heavy atom. The van der Waals surface area contributed by atoms with Crippen molar-refractivity contribution < 1.29 is 0 Å². The maximum atomic E-state index is 2.35. The molecule has 0 bridgehead atoms. The van der Waals surface area contributed by atoms with Gasteiger partial charge >= 0.3 is 0 Å². The molecule has 0 aromatic rings. The maximum absolute atomic E-state index is 2.35. The Morgan fingerprint density at radius 2 is 1.73 bits per heavy atom. The lowest BCUT2D eigenvalue weighted by molar-refractivity contribution is 0.383. The normalized spacial score (nSPS) is 26.7. The van der Waals surface area contributed by atoms with Gasteiger partial charge in [0.25, 0.3) is 0 Å². The lowest BCUT2D eigenvalue weighted by atomic mass is 9.78. The van der Waals surface area contributed by atoms with Crippen LogP contribution >= 0.6 is 0 Å². The van der Waals surface area contributed by atoms with Gasteiger partial charge in [-0.3, -0.25) is 0 Å². The molecule has 0 amide bonds. The molecule has 0 aromatic heterocycles. The SMILES string of the molecule is CC(C)C1(C)C=CC=C(C(C)(C)C)C=C1. The average Bonchev–Trinajstić information content (AvgIpc) is 2.26. The summed E-state index contributed by atoms with van der Waals surface area (Å²) in [7, 11) is 0. The number of hydrogen-bond acceptors (Lipinski definition) is 0. The summed E-state index contributed by atoms with van der Waals surface area (Å²) < 4.78 is 0. The Labute approximate surface area is 94.8 Å². The highest BCUT2D eigenvalue weighted by Crippen LogP contribution is 2.35. The van der Waals surface area contributed by atoms with Gasteiger partial charge in [-0.05, 0) is 16.9 Å². The van der Waals surface area contributed by atoms with E-state index < -0.39 is 0 Å². The number of hydrogen-bond donors (Lipinski definition) is 0. The minimum atomic E-state index is 0.198. The lowest BCUT2D eigenvalue weighted by Crippen LogP contribution is -2.17. The van der Waals surface area contributed by atoms with E-state index in [-0.39, 0.29) is 10.8 Å². The average molecular weight is 204 g/mol. The Morgan fingerprint density at radius 1 is 1.13 bits per heavy atom. The molecule has 1 rings (SSSR count). The summed E-state index contributed by atoms with van der Waals surface area (Å²) in [4.78, 5) is 0. The van der Waals surface area contributed by atoms with Crippen LogP contribution < -0.4 is 0 Å². The van der Waals surface area contributed by atoms with E-state index >= 15 is 0 Å². The van der Waals surface area contributed by atoms with E-state index in [9.17, 15) is 0 Å². The van der Waals surface area contributed by atoms with Crippen molar-refractivity contribution in [3.05, 3.63) is 36.0 Å². The van der Waals surface area contributed by atoms with E-state index in [1.165, 1.54) is 5.57 Å². The molecule has 1 aliphatic carbocycles. The van der Waals surface area contributed by atoms with Crippen LogP contribution in [0.3, 0.4) is 0 Å². The van der Waals surface area contributed by atoms with Crippen molar-refractivity contribution >= 4 is 0 Å². The molecule has 0 N–H and O–H groups in total. The molecule has 1 unspecified atom stereocenters. The van der Waals surface area contributed by atoms with Crippen molar-refractivity contribution in [1.29, 1.82) is 0 Å². The van der Waals surface area contributed by atoms with Crippen LogP contribution in [0.1, 0.15) is 41.5 Å². The molecule has 0 aromatic carbocycles. The summed E-state index contributed by atoms with van der Waals surface area (Å²) in [6.45, 7) is 13.6. The smallest absolute Gasteiger partial charge is 0.00619 e. The molecule has 0 saturated carbocycles. The van der Waals surface area contributed by atoms with Crippen molar-refractivity contribution in [3.8, 4) is 0 Å². The topological polar surface area (TPSA) is 0 Å². The zero-order chi connectivity index (χ0) is 11.7. The van der Waals surface area contributed by atoms with E-state index in [1.807, 2.05) is 0 Å². The molecule has 0 radical (unpaired) electrons. The summed E-state index contributed by atoms with van der Waals surface area (Å²) in [6.07, 6.45) is 11.4. The van der Waals surface area contributed by atoms with Crippen molar-refractivity contribution in [3.63, 3.8) is 0 Å². The van der Waals surface area contributed by atoms with E-state index in [1.54, 1.807) is 0 Å². The van der Waals surface area contributed by atoms with Gasteiger partial charge in [0.15, 0.2) is 0 Å². The van der Waals surface area contributed by atoms with Crippen LogP contribution in [0.25, 0.3) is 0 Å². The lowest BCUT2D eigenvalue weighted by Gasteiger charge is -2.26. The summed E-state index contributed by atoms with van der Waals surface area (Å²) in [5, 5.41) is 0.